The van der Waals surface area contributed by atoms with E-state index >= 15 is 0 Å². The number of halogens is 2. The number of nitrogens with zero attached hydrogens (tertiary/aromatic N) is 2. The van der Waals surface area contributed by atoms with Crippen molar-refractivity contribution in [2.24, 2.45) is 0 Å². The fourth-order valence-corrected chi connectivity index (χ4v) is 2.71. The van der Waals surface area contributed by atoms with Crippen LogP contribution in [0.15, 0.2) is 63.7 Å². The van der Waals surface area contributed by atoms with Gasteiger partial charge in [0.05, 0.1) is 11.3 Å². The Kier molecular flexibility index (Phi) is 4.03. The first-order valence-electron chi connectivity index (χ1n) is 6.24. The molecule has 0 atom stereocenters. The molecule has 21 heavy (non-hydrogen) atoms. The van der Waals surface area contributed by atoms with E-state index in [1.807, 2.05) is 48.5 Å². The fourth-order valence-electron chi connectivity index (χ4n) is 2.06. The molecule has 3 aromatic rings. The van der Waals surface area contributed by atoms with Crippen molar-refractivity contribution in [3.05, 3.63) is 69.2 Å². The molecule has 0 N–H and O–H groups in total. The molecular formula is C16H10Br2N2O. The Hall–Kier alpha value is -1.72. The molecule has 0 bridgehead atoms. The van der Waals surface area contributed by atoms with Gasteiger partial charge in [0.15, 0.2) is 6.29 Å². The highest BCUT2D eigenvalue weighted by Gasteiger charge is 2.11. The van der Waals surface area contributed by atoms with Gasteiger partial charge in [-0.3, -0.25) is 4.79 Å². The molecule has 5 heteroatoms. The number of carbonyl (C=O) groups is 1. The zero-order chi connectivity index (χ0) is 14.8. The third-order valence-corrected chi connectivity index (χ3v) is 4.08. The summed E-state index contributed by atoms with van der Waals surface area (Å²) in [6.07, 6.45) is 2.57. The summed E-state index contributed by atoms with van der Waals surface area (Å²) >= 11 is 6.84. The largest absolute Gasteiger partial charge is 0.298 e. The van der Waals surface area contributed by atoms with Crippen LogP contribution in [0.4, 0.5) is 0 Å². The van der Waals surface area contributed by atoms with Crippen LogP contribution in [0.3, 0.4) is 0 Å². The second-order valence-electron chi connectivity index (χ2n) is 4.48. The Bertz CT molecular complexity index is 794. The van der Waals surface area contributed by atoms with Crippen LogP contribution in [-0.2, 0) is 0 Å². The summed E-state index contributed by atoms with van der Waals surface area (Å²) in [5, 5.41) is 4.54. The highest BCUT2D eigenvalue weighted by molar-refractivity contribution is 9.10. The minimum atomic E-state index is 0.567. The molecule has 0 spiro atoms. The minimum Gasteiger partial charge on any atom is -0.298 e. The third kappa shape index (κ3) is 2.99. The average Bonchev–Trinajstić information content (AvgIpc) is 2.92. The number of aldehydes is 1. The molecule has 2 aromatic carbocycles. The van der Waals surface area contributed by atoms with Crippen LogP contribution in [0.1, 0.15) is 10.4 Å². The Morgan fingerprint density at radius 2 is 1.76 bits per heavy atom. The van der Waals surface area contributed by atoms with Crippen LogP contribution in [0, 0.1) is 0 Å². The van der Waals surface area contributed by atoms with Crippen LogP contribution in [-0.4, -0.2) is 16.1 Å². The third-order valence-electron chi connectivity index (χ3n) is 3.06. The molecular weight excluding hydrogens is 396 g/mol. The van der Waals surface area contributed by atoms with Gasteiger partial charge in [-0.15, -0.1) is 0 Å². The van der Waals surface area contributed by atoms with Crippen LogP contribution >= 0.6 is 31.9 Å². The van der Waals surface area contributed by atoms with Crippen molar-refractivity contribution >= 4 is 38.1 Å². The van der Waals surface area contributed by atoms with Crippen molar-refractivity contribution in [1.29, 1.82) is 0 Å². The molecule has 3 nitrogen and oxygen atoms in total. The van der Waals surface area contributed by atoms with E-state index in [4.69, 9.17) is 0 Å². The van der Waals surface area contributed by atoms with E-state index in [2.05, 4.69) is 37.0 Å². The van der Waals surface area contributed by atoms with Gasteiger partial charge in [-0.2, -0.15) is 5.10 Å². The van der Waals surface area contributed by atoms with Crippen molar-refractivity contribution < 1.29 is 4.79 Å². The van der Waals surface area contributed by atoms with Crippen molar-refractivity contribution in [2.45, 2.75) is 0 Å². The molecule has 0 aliphatic rings. The summed E-state index contributed by atoms with van der Waals surface area (Å²) in [4.78, 5) is 11.3. The van der Waals surface area contributed by atoms with Crippen molar-refractivity contribution in [3.8, 4) is 16.9 Å². The van der Waals surface area contributed by atoms with Gasteiger partial charge in [0.25, 0.3) is 0 Å². The molecule has 0 radical (unpaired) electrons. The molecule has 1 heterocycles. The van der Waals surface area contributed by atoms with E-state index in [-0.39, 0.29) is 0 Å². The van der Waals surface area contributed by atoms with Crippen LogP contribution in [0.5, 0.6) is 0 Å². The molecule has 0 amide bonds. The SMILES string of the molecule is O=Cc1cn(-c2cccc(Br)c2)nc1-c1ccc(Br)cc1. The van der Waals surface area contributed by atoms with E-state index in [0.29, 0.717) is 11.3 Å². The van der Waals surface area contributed by atoms with Gasteiger partial charge in [0.1, 0.15) is 5.69 Å². The van der Waals surface area contributed by atoms with E-state index in [9.17, 15) is 4.79 Å². The molecule has 104 valence electrons. The molecule has 0 saturated heterocycles. The average molecular weight is 406 g/mol. The summed E-state index contributed by atoms with van der Waals surface area (Å²) in [6, 6.07) is 15.5. The monoisotopic (exact) mass is 404 g/mol. The first kappa shape index (κ1) is 14.2. The van der Waals surface area contributed by atoms with Gasteiger partial charge >= 0.3 is 0 Å². The summed E-state index contributed by atoms with van der Waals surface area (Å²) in [5.41, 5.74) is 3.06. The van der Waals surface area contributed by atoms with Gasteiger partial charge in [-0.05, 0) is 30.3 Å². The Morgan fingerprint density at radius 3 is 2.43 bits per heavy atom. The van der Waals surface area contributed by atoms with Gasteiger partial charge in [0, 0.05) is 20.7 Å². The summed E-state index contributed by atoms with van der Waals surface area (Å²) < 4.78 is 3.67. The first-order valence-corrected chi connectivity index (χ1v) is 7.83. The number of benzene rings is 2. The van der Waals surface area contributed by atoms with Crippen molar-refractivity contribution in [3.63, 3.8) is 0 Å². The van der Waals surface area contributed by atoms with Crippen LogP contribution in [0.2, 0.25) is 0 Å². The Labute approximate surface area is 138 Å². The van der Waals surface area contributed by atoms with E-state index in [0.717, 1.165) is 26.5 Å². The molecule has 3 rings (SSSR count). The zero-order valence-corrected chi connectivity index (χ0v) is 14.0. The van der Waals surface area contributed by atoms with Crippen LogP contribution < -0.4 is 0 Å². The van der Waals surface area contributed by atoms with Gasteiger partial charge < -0.3 is 0 Å². The van der Waals surface area contributed by atoms with Crippen LogP contribution in [0.25, 0.3) is 16.9 Å². The van der Waals surface area contributed by atoms with Crippen molar-refractivity contribution in [1.82, 2.24) is 9.78 Å². The molecule has 0 unspecified atom stereocenters. The topological polar surface area (TPSA) is 34.9 Å². The van der Waals surface area contributed by atoms with Gasteiger partial charge in [-0.25, -0.2) is 4.68 Å². The summed E-state index contributed by atoms with van der Waals surface area (Å²) in [6.45, 7) is 0. The maximum absolute atomic E-state index is 11.3. The lowest BCUT2D eigenvalue weighted by Gasteiger charge is -2.01. The predicted octanol–water partition coefficient (Wildman–Crippen LogP) is 4.88. The highest BCUT2D eigenvalue weighted by Crippen LogP contribution is 2.25. The quantitative estimate of drug-likeness (QED) is 0.582. The molecule has 0 aliphatic carbocycles. The molecule has 0 fully saturated rings. The van der Waals surface area contributed by atoms with E-state index < -0.39 is 0 Å². The number of carbonyl (C=O) groups excluding carboxylic acids is 1. The summed E-state index contributed by atoms with van der Waals surface area (Å²) in [7, 11) is 0. The first-order chi connectivity index (χ1) is 10.2. The normalized spacial score (nSPS) is 10.6. The number of rotatable bonds is 3. The fraction of sp³-hybridized carbons (Fsp3) is 0. The minimum absolute atomic E-state index is 0.567. The standard InChI is InChI=1S/C16H10Br2N2O/c17-13-6-4-11(5-7-13)16-12(10-21)9-20(19-16)15-3-1-2-14(18)8-15/h1-10H. The number of aromatic nitrogens is 2. The molecule has 0 saturated carbocycles. The maximum Gasteiger partial charge on any atom is 0.153 e. The second-order valence-corrected chi connectivity index (χ2v) is 6.31. The Balaban J connectivity index is 2.10. The lowest BCUT2D eigenvalue weighted by Crippen LogP contribution is -1.94. The predicted molar refractivity (Wildman–Crippen MR) is 89.8 cm³/mol. The lowest BCUT2D eigenvalue weighted by molar-refractivity contribution is 0.112. The van der Waals surface area contributed by atoms with Gasteiger partial charge in [-0.1, -0.05) is 50.1 Å². The lowest BCUT2D eigenvalue weighted by atomic mass is 10.1. The maximum atomic E-state index is 11.3. The number of hydrogen-bond donors (Lipinski definition) is 0. The zero-order valence-electron chi connectivity index (χ0n) is 10.8. The number of hydrogen-bond acceptors (Lipinski definition) is 2. The Morgan fingerprint density at radius 1 is 1.00 bits per heavy atom. The summed E-state index contributed by atoms with van der Waals surface area (Å²) in [5.74, 6) is 0. The van der Waals surface area contributed by atoms with E-state index in [1.54, 1.807) is 10.9 Å². The van der Waals surface area contributed by atoms with E-state index in [1.165, 1.54) is 0 Å². The van der Waals surface area contributed by atoms with Crippen molar-refractivity contribution in [2.75, 3.05) is 0 Å². The smallest absolute Gasteiger partial charge is 0.153 e. The highest BCUT2D eigenvalue weighted by atomic mass is 79.9. The van der Waals surface area contributed by atoms with Gasteiger partial charge in [0.2, 0.25) is 0 Å². The second kappa shape index (κ2) is 5.95. The molecule has 1 aromatic heterocycles. The molecule has 0 aliphatic heterocycles.